The van der Waals surface area contributed by atoms with Crippen molar-refractivity contribution in [3.63, 3.8) is 0 Å². The fourth-order valence-electron chi connectivity index (χ4n) is 17.4. The molecule has 0 spiro atoms. The SMILES string of the molecule is CC12N3Cc4c(OCCCCS(=O)(=O)[O-])ccc(OCCCCS(=O)(=O)[O-])c4CN1C(=O)N1CN4C(=O)N5CN6C(=O)N7CN8C(=O)N9Cc%10c(OCCCCS(=O)(=O)[O-])ccc(OCCCCS(=O)(=O)[O-])c%10CN%10C(=O)N(CN%11C(=O)N(CN%12C(=O)N(CN(C3=O)C12C)C4C%125)C6C%117)C8(C)C%109C.C[N+](C)(C)C.C[N+](C)(C)C.C[N+](C)(C)C.C[N+](C)(C)C. The van der Waals surface area contributed by atoms with Crippen LogP contribution in [0.4, 0.5) is 38.4 Å². The van der Waals surface area contributed by atoms with Crippen molar-refractivity contribution in [3.05, 3.63) is 46.5 Å². The summed E-state index contributed by atoms with van der Waals surface area (Å²) in [5.41, 5.74) is -5.22. The zero-order valence-corrected chi connectivity index (χ0v) is 76.6. The Hall–Kier alpha value is -8.72. The zero-order valence-electron chi connectivity index (χ0n) is 73.4. The highest BCUT2D eigenvalue weighted by Crippen LogP contribution is 2.60. The molecule has 11 fully saturated rings. The average Bonchev–Trinajstić information content (AvgIpc) is 1.49. The molecular weight excluding hydrogens is 1680 g/mol. The maximum atomic E-state index is 15.7. The minimum Gasteiger partial charge on any atom is -0.748 e. The van der Waals surface area contributed by atoms with E-state index in [9.17, 15) is 51.9 Å². The lowest BCUT2D eigenvalue weighted by atomic mass is 9.95. The highest BCUT2D eigenvalue weighted by atomic mass is 32.2. The molecule has 13 heterocycles. The molecule has 2 aromatic carbocycles. The predicted octanol–water partition coefficient (Wildman–Crippen LogP) is 1.38. The van der Waals surface area contributed by atoms with E-state index in [0.717, 1.165) is 17.9 Å². The molecule has 684 valence electrons. The third-order valence-corrected chi connectivity index (χ3v) is 26.0. The molecule has 2 aromatic rings. The molecule has 0 atom stereocenters. The van der Waals surface area contributed by atoms with E-state index in [1.54, 1.807) is 52.0 Å². The van der Waals surface area contributed by atoms with Crippen LogP contribution in [0.3, 0.4) is 0 Å². The van der Waals surface area contributed by atoms with Crippen molar-refractivity contribution in [1.82, 2.24) is 78.4 Å². The van der Waals surface area contributed by atoms with Gasteiger partial charge in [0.25, 0.3) is 0 Å². The van der Waals surface area contributed by atoms with Crippen LogP contribution < -0.4 is 18.9 Å². The van der Waals surface area contributed by atoms with E-state index in [2.05, 4.69) is 113 Å². The number of rotatable bonds is 24. The molecule has 0 N–H and O–H groups in total. The van der Waals surface area contributed by atoms with Gasteiger partial charge >= 0.3 is 48.2 Å². The van der Waals surface area contributed by atoms with E-state index in [0.29, 0.717) is 22.3 Å². The molecule has 122 heavy (non-hydrogen) atoms. The van der Waals surface area contributed by atoms with Gasteiger partial charge in [-0.1, -0.05) is 0 Å². The van der Waals surface area contributed by atoms with Gasteiger partial charge in [-0.2, -0.15) is 0 Å². The van der Waals surface area contributed by atoms with Crippen molar-refractivity contribution in [2.24, 2.45) is 0 Å². The first kappa shape index (κ1) is 94.0. The average molecular weight is 1800 g/mol. The van der Waals surface area contributed by atoms with Gasteiger partial charge in [-0.25, -0.2) is 72.0 Å². The smallest absolute Gasteiger partial charge is 0.326 e. The highest BCUT2D eigenvalue weighted by Gasteiger charge is 2.80. The number of amides is 16. The van der Waals surface area contributed by atoms with Crippen molar-refractivity contribution in [2.75, 3.05) is 202 Å². The van der Waals surface area contributed by atoms with Crippen molar-refractivity contribution in [2.45, 2.75) is 153 Å². The van der Waals surface area contributed by atoms with Gasteiger partial charge in [0.05, 0.1) is 206 Å². The van der Waals surface area contributed by atoms with E-state index >= 15 is 38.4 Å². The van der Waals surface area contributed by atoms with Crippen LogP contribution >= 0.6 is 0 Å². The van der Waals surface area contributed by atoms with E-state index < -0.39 is 199 Å². The third kappa shape index (κ3) is 18.4. The normalized spacial score (nSPS) is 26.2. The first-order valence-corrected chi connectivity index (χ1v) is 46.6. The second-order valence-electron chi connectivity index (χ2n) is 38.7. The Kier molecular flexibility index (Phi) is 25.4. The minimum atomic E-state index is -4.53. The standard InChI is InChI=1S/C58H76N16O24S4.4C4H12N/c1-55-57(3)71-31-63-45-43-59(47(63)75)29-61-44-46-65(49(61)77)33-73-53(81)69-27-37-38(42(98-20-8-12-24-102(92,93)94)16-15-41(37)97-19-7-11-23-101(89,90)91)28-70-54(82)74(58(73,4)56(69,70)2)34-66(46)50(78)62(44)30-60(43)48(76)64(45)32-72(57)52(80)68(55)26-36-35(25-67(55)51(71)79)39(95-17-5-9-21-99(83,84)85)13-14-40(36)96-18-6-10-22-100(86,87)88;4*1-5(2,3)4/h13-16,43-46H,5-12,17-34H2,1-4H3,(H,83,84,85)(H,86,87,88)(H,89,90,91)(H,92,93,94);4*1-4H3/q;4*+1/p-4. The van der Waals surface area contributed by atoms with Crippen molar-refractivity contribution in [1.29, 1.82) is 0 Å². The topological polar surface area (TPSA) is 454 Å². The second-order valence-corrected chi connectivity index (χ2v) is 44.8. The maximum Gasteiger partial charge on any atom is 0.326 e. The van der Waals surface area contributed by atoms with Crippen molar-refractivity contribution < 1.29 is 127 Å². The van der Waals surface area contributed by atoms with E-state index in [1.165, 1.54) is 78.4 Å². The number of quaternary nitrogens is 4. The summed E-state index contributed by atoms with van der Waals surface area (Å²) in [6.45, 7) is 1.96. The van der Waals surface area contributed by atoms with Crippen LogP contribution in [-0.2, 0) is 66.7 Å². The number of fused-ring (bicyclic) bond motifs is 2. The molecule has 0 aromatic heterocycles. The van der Waals surface area contributed by atoms with E-state index in [4.69, 9.17) is 18.9 Å². The summed E-state index contributed by atoms with van der Waals surface area (Å²) in [5.74, 6) is -1.71. The number of benzene rings is 2. The third-order valence-electron chi connectivity index (χ3n) is 22.8. The fraction of sp³-hybridized carbons (Fsp3) is 0.730. The largest absolute Gasteiger partial charge is 0.748 e. The van der Waals surface area contributed by atoms with E-state index in [-0.39, 0.29) is 127 Å². The van der Waals surface area contributed by atoms with Gasteiger partial charge in [0.1, 0.15) is 63.0 Å². The number of ether oxygens (including phenoxy) is 4. The number of nitrogens with zero attached hydrogens (tertiary/aromatic N) is 20. The molecule has 0 bridgehead atoms. The lowest BCUT2D eigenvalue weighted by Crippen LogP contribution is -2.69. The first-order chi connectivity index (χ1) is 55.9. The molecule has 44 nitrogen and oxygen atoms in total. The summed E-state index contributed by atoms with van der Waals surface area (Å²) in [6.07, 6.45) is -4.72. The fourth-order valence-corrected chi connectivity index (χ4v) is 19.6. The molecule has 0 aliphatic carbocycles. The molecule has 11 saturated heterocycles. The summed E-state index contributed by atoms with van der Waals surface area (Å²) in [7, 11) is 15.9. The Bertz CT molecular complexity index is 4320. The lowest BCUT2D eigenvalue weighted by molar-refractivity contribution is -0.849. The van der Waals surface area contributed by atoms with Gasteiger partial charge in [-0.15, -0.1) is 0 Å². The number of hydrogen-bond donors (Lipinski definition) is 0. The molecular formula is C74H120N20O24S4. The van der Waals surface area contributed by atoms with Crippen molar-refractivity contribution in [3.8, 4) is 23.0 Å². The van der Waals surface area contributed by atoms with Gasteiger partial charge in [0.15, 0.2) is 47.3 Å². The quantitative estimate of drug-likeness (QED) is 0.0813. The summed E-state index contributed by atoms with van der Waals surface area (Å²) in [4.78, 5) is 147. The Morgan fingerprint density at radius 3 is 0.598 bits per heavy atom. The van der Waals surface area contributed by atoms with Crippen LogP contribution in [0, 0.1) is 0 Å². The summed E-state index contributed by atoms with van der Waals surface area (Å²) in [6, 6.07) is 0.539. The van der Waals surface area contributed by atoms with Gasteiger partial charge < -0.3 is 55.1 Å². The Labute approximate surface area is 714 Å². The number of hydrogen-bond acceptors (Lipinski definition) is 24. The molecule has 13 aliphatic rings. The Morgan fingerprint density at radius 2 is 0.434 bits per heavy atom. The second kappa shape index (κ2) is 33.0. The Balaban J connectivity index is 0.000000653. The summed E-state index contributed by atoms with van der Waals surface area (Å²) >= 11 is 0. The van der Waals surface area contributed by atoms with Gasteiger partial charge in [0, 0.05) is 45.3 Å². The minimum absolute atomic E-state index is 0.0273. The monoisotopic (exact) mass is 1800 g/mol. The van der Waals surface area contributed by atoms with Crippen LogP contribution in [-0.4, -0.2) is 446 Å². The van der Waals surface area contributed by atoms with E-state index in [1.807, 2.05) is 0 Å². The molecule has 16 amide bonds. The van der Waals surface area contributed by atoms with Crippen LogP contribution in [0.2, 0.25) is 0 Å². The molecule has 48 heteroatoms. The molecule has 0 saturated carbocycles. The maximum absolute atomic E-state index is 15.7. The number of urea groups is 8. The molecule has 0 radical (unpaired) electrons. The van der Waals surface area contributed by atoms with Gasteiger partial charge in [0.2, 0.25) is 0 Å². The van der Waals surface area contributed by atoms with Gasteiger partial charge in [-0.3, -0.25) is 78.4 Å². The van der Waals surface area contributed by atoms with Crippen molar-refractivity contribution >= 4 is 88.7 Å². The molecule has 13 aliphatic heterocycles. The van der Waals surface area contributed by atoms with Crippen LogP contribution in [0.1, 0.15) is 101 Å². The lowest BCUT2D eigenvalue weighted by Gasteiger charge is -2.49. The first-order valence-electron chi connectivity index (χ1n) is 40.3. The zero-order chi connectivity index (χ0) is 90.8. The predicted molar refractivity (Wildman–Crippen MR) is 431 cm³/mol. The van der Waals surface area contributed by atoms with Gasteiger partial charge in [-0.05, 0) is 103 Å². The summed E-state index contributed by atoms with van der Waals surface area (Å²) in [5, 5.41) is 0. The van der Waals surface area contributed by atoms with Crippen LogP contribution in [0.5, 0.6) is 23.0 Å². The summed E-state index contributed by atoms with van der Waals surface area (Å²) < 4.78 is 166. The Morgan fingerprint density at radius 1 is 0.279 bits per heavy atom. The highest BCUT2D eigenvalue weighted by molar-refractivity contribution is 7.86. The molecule has 0 unspecified atom stereocenters. The number of unbranched alkanes of at least 4 members (excludes halogenated alkanes) is 4. The number of carbonyl (C=O) groups excluding carboxylic acids is 8. The van der Waals surface area contributed by atoms with Crippen LogP contribution in [0.15, 0.2) is 24.3 Å². The molecule has 15 rings (SSSR count). The number of carbonyl (C=O) groups is 8. The van der Waals surface area contributed by atoms with Crippen LogP contribution in [0.25, 0.3) is 0 Å².